The molecule has 1 N–H and O–H groups in total. The van der Waals surface area contributed by atoms with E-state index in [1.807, 2.05) is 34.9 Å². The summed E-state index contributed by atoms with van der Waals surface area (Å²) in [6.45, 7) is 0. The minimum absolute atomic E-state index is 0.150. The summed E-state index contributed by atoms with van der Waals surface area (Å²) < 4.78 is 20.3. The summed E-state index contributed by atoms with van der Waals surface area (Å²) in [5.41, 5.74) is 2.51. The fourth-order valence-electron chi connectivity index (χ4n) is 3.13. The highest BCUT2D eigenvalue weighted by Crippen LogP contribution is 2.24. The zero-order valence-electron chi connectivity index (χ0n) is 17.4. The van der Waals surface area contributed by atoms with Crippen LogP contribution < -0.4 is 10.1 Å². The van der Waals surface area contributed by atoms with Crippen molar-refractivity contribution < 1.29 is 13.9 Å². The number of thioether (sulfide) groups is 1. The van der Waals surface area contributed by atoms with E-state index in [9.17, 15) is 9.18 Å². The smallest absolute Gasteiger partial charge is 0.234 e. The van der Waals surface area contributed by atoms with Gasteiger partial charge in [0.25, 0.3) is 0 Å². The van der Waals surface area contributed by atoms with E-state index in [1.54, 1.807) is 43.5 Å². The number of hydrogen-bond donors (Lipinski definition) is 1. The maximum absolute atomic E-state index is 13.3. The number of carbonyl (C=O) groups is 1. The Hall–Kier alpha value is -3.65. The molecule has 4 rings (SSSR count). The lowest BCUT2D eigenvalue weighted by Gasteiger charge is -2.10. The highest BCUT2D eigenvalue weighted by Gasteiger charge is 2.16. The Bertz CT molecular complexity index is 1180. The Morgan fingerprint density at radius 2 is 1.72 bits per heavy atom. The first-order chi connectivity index (χ1) is 15.6. The number of nitrogens with zero attached hydrogens (tertiary/aromatic N) is 3. The quantitative estimate of drug-likeness (QED) is 0.395. The van der Waals surface area contributed by atoms with Crippen LogP contribution in [-0.2, 0) is 11.2 Å². The minimum atomic E-state index is -0.280. The maximum atomic E-state index is 13.3. The number of rotatable bonds is 8. The SMILES string of the molecule is COc1ccc(NC(=O)CSc2nnc(Cc3ccc(F)cc3)n2-c2ccccc2)cc1. The Morgan fingerprint density at radius 1 is 1.00 bits per heavy atom. The van der Waals surface area contributed by atoms with Gasteiger partial charge in [-0.05, 0) is 54.1 Å². The van der Waals surface area contributed by atoms with Gasteiger partial charge in [0.2, 0.25) is 5.91 Å². The molecule has 1 amide bonds. The van der Waals surface area contributed by atoms with Crippen LogP contribution in [0, 0.1) is 5.82 Å². The van der Waals surface area contributed by atoms with Crippen molar-refractivity contribution in [2.24, 2.45) is 0 Å². The van der Waals surface area contributed by atoms with Crippen LogP contribution in [0.5, 0.6) is 5.75 Å². The first-order valence-electron chi connectivity index (χ1n) is 9.93. The number of carbonyl (C=O) groups excluding carboxylic acids is 1. The van der Waals surface area contributed by atoms with Gasteiger partial charge in [-0.15, -0.1) is 10.2 Å². The lowest BCUT2D eigenvalue weighted by Crippen LogP contribution is -2.14. The van der Waals surface area contributed by atoms with Crippen molar-refractivity contribution >= 4 is 23.4 Å². The molecule has 0 unspecified atom stereocenters. The number of anilines is 1. The standard InChI is InChI=1S/C24H21FN4O2S/c1-31-21-13-11-19(12-14-21)26-23(30)16-32-24-28-27-22(15-17-7-9-18(25)10-8-17)29(24)20-5-3-2-4-6-20/h2-14H,15-16H2,1H3,(H,26,30). The molecule has 0 radical (unpaired) electrons. The molecule has 162 valence electrons. The molecule has 0 fully saturated rings. The molecule has 0 aliphatic carbocycles. The van der Waals surface area contributed by atoms with Gasteiger partial charge in [0.15, 0.2) is 5.16 Å². The van der Waals surface area contributed by atoms with Crippen LogP contribution in [0.4, 0.5) is 10.1 Å². The minimum Gasteiger partial charge on any atom is -0.497 e. The highest BCUT2D eigenvalue weighted by atomic mass is 32.2. The Balaban J connectivity index is 1.50. The predicted octanol–water partition coefficient (Wildman–Crippen LogP) is 4.74. The van der Waals surface area contributed by atoms with Crippen LogP contribution in [0.25, 0.3) is 5.69 Å². The van der Waals surface area contributed by atoms with Crippen molar-refractivity contribution in [1.29, 1.82) is 0 Å². The van der Waals surface area contributed by atoms with Gasteiger partial charge in [0, 0.05) is 17.8 Å². The van der Waals surface area contributed by atoms with Crippen LogP contribution in [0.2, 0.25) is 0 Å². The fraction of sp³-hybridized carbons (Fsp3) is 0.125. The van der Waals surface area contributed by atoms with Gasteiger partial charge < -0.3 is 10.1 Å². The van der Waals surface area contributed by atoms with Crippen LogP contribution in [0.1, 0.15) is 11.4 Å². The number of methoxy groups -OCH3 is 1. The van der Waals surface area contributed by atoms with E-state index in [-0.39, 0.29) is 17.5 Å². The predicted molar refractivity (Wildman–Crippen MR) is 123 cm³/mol. The van der Waals surface area contributed by atoms with Crippen molar-refractivity contribution in [3.63, 3.8) is 0 Å². The molecule has 4 aromatic rings. The van der Waals surface area contributed by atoms with E-state index in [4.69, 9.17) is 4.74 Å². The Kier molecular flexibility index (Phi) is 6.81. The van der Waals surface area contributed by atoms with Gasteiger partial charge in [-0.25, -0.2) is 4.39 Å². The van der Waals surface area contributed by atoms with E-state index in [0.29, 0.717) is 23.1 Å². The van der Waals surface area contributed by atoms with Crippen LogP contribution in [0.15, 0.2) is 84.0 Å². The molecular formula is C24H21FN4O2S. The molecule has 0 spiro atoms. The molecule has 1 heterocycles. The monoisotopic (exact) mass is 448 g/mol. The van der Waals surface area contributed by atoms with Crippen molar-refractivity contribution in [1.82, 2.24) is 14.8 Å². The lowest BCUT2D eigenvalue weighted by atomic mass is 10.1. The van der Waals surface area contributed by atoms with E-state index < -0.39 is 0 Å². The van der Waals surface area contributed by atoms with Crippen molar-refractivity contribution in [2.45, 2.75) is 11.6 Å². The molecule has 0 bridgehead atoms. The number of halogens is 1. The van der Waals surface area contributed by atoms with Gasteiger partial charge in [0.05, 0.1) is 12.9 Å². The molecule has 0 atom stereocenters. The second kappa shape index (κ2) is 10.1. The zero-order valence-corrected chi connectivity index (χ0v) is 18.2. The Labute approximate surface area is 189 Å². The second-order valence-corrected chi connectivity index (χ2v) is 7.88. The molecule has 0 aliphatic rings. The number of hydrogen-bond acceptors (Lipinski definition) is 5. The second-order valence-electron chi connectivity index (χ2n) is 6.94. The summed E-state index contributed by atoms with van der Waals surface area (Å²) in [6.07, 6.45) is 0.487. The molecule has 32 heavy (non-hydrogen) atoms. The number of ether oxygens (including phenoxy) is 1. The lowest BCUT2D eigenvalue weighted by molar-refractivity contribution is -0.113. The molecule has 8 heteroatoms. The average molecular weight is 449 g/mol. The van der Waals surface area contributed by atoms with Gasteiger partial charge >= 0.3 is 0 Å². The third kappa shape index (κ3) is 5.33. The summed E-state index contributed by atoms with van der Waals surface area (Å²) in [5.74, 6) is 1.18. The van der Waals surface area contributed by atoms with Gasteiger partial charge in [0.1, 0.15) is 17.4 Å². The van der Waals surface area contributed by atoms with Crippen LogP contribution >= 0.6 is 11.8 Å². The third-order valence-electron chi connectivity index (χ3n) is 4.70. The van der Waals surface area contributed by atoms with E-state index in [2.05, 4.69) is 15.5 Å². The Morgan fingerprint density at radius 3 is 2.41 bits per heavy atom. The maximum Gasteiger partial charge on any atom is 0.234 e. The van der Waals surface area contributed by atoms with E-state index in [1.165, 1.54) is 23.9 Å². The first-order valence-corrected chi connectivity index (χ1v) is 10.9. The van der Waals surface area contributed by atoms with Crippen molar-refractivity contribution in [2.75, 3.05) is 18.2 Å². The molecule has 0 saturated heterocycles. The number of amides is 1. The topological polar surface area (TPSA) is 69.0 Å². The molecule has 3 aromatic carbocycles. The highest BCUT2D eigenvalue weighted by molar-refractivity contribution is 7.99. The van der Waals surface area contributed by atoms with Crippen molar-refractivity contribution in [3.8, 4) is 11.4 Å². The summed E-state index contributed by atoms with van der Waals surface area (Å²) in [6, 6.07) is 23.2. The van der Waals surface area contributed by atoms with Crippen LogP contribution in [-0.4, -0.2) is 33.5 Å². The summed E-state index contributed by atoms with van der Waals surface area (Å²) in [4.78, 5) is 12.5. The first kappa shape index (κ1) is 21.6. The molecule has 0 saturated carbocycles. The number of nitrogens with one attached hydrogen (secondary N) is 1. The van der Waals surface area contributed by atoms with E-state index >= 15 is 0 Å². The van der Waals surface area contributed by atoms with Gasteiger partial charge in [-0.2, -0.15) is 0 Å². The van der Waals surface area contributed by atoms with Gasteiger partial charge in [-0.3, -0.25) is 9.36 Å². The van der Waals surface area contributed by atoms with Crippen LogP contribution in [0.3, 0.4) is 0 Å². The van der Waals surface area contributed by atoms with Crippen molar-refractivity contribution in [3.05, 3.63) is 96.1 Å². The molecule has 6 nitrogen and oxygen atoms in total. The average Bonchev–Trinajstić information content (AvgIpc) is 3.22. The number of benzene rings is 3. The molecular weight excluding hydrogens is 427 g/mol. The molecule has 0 aliphatic heterocycles. The zero-order chi connectivity index (χ0) is 22.3. The van der Waals surface area contributed by atoms with Gasteiger partial charge in [-0.1, -0.05) is 42.1 Å². The van der Waals surface area contributed by atoms with E-state index in [0.717, 1.165) is 17.0 Å². The largest absolute Gasteiger partial charge is 0.497 e. The number of para-hydroxylation sites is 1. The fourth-order valence-corrected chi connectivity index (χ4v) is 3.90. The third-order valence-corrected chi connectivity index (χ3v) is 5.63. The summed E-state index contributed by atoms with van der Waals surface area (Å²) in [7, 11) is 1.59. The summed E-state index contributed by atoms with van der Waals surface area (Å²) in [5, 5.41) is 12.1. The molecule has 1 aromatic heterocycles. The number of aromatic nitrogens is 3. The summed E-state index contributed by atoms with van der Waals surface area (Å²) >= 11 is 1.30. The normalized spacial score (nSPS) is 10.7.